The number of amides is 2. The zero-order valence-electron chi connectivity index (χ0n) is 15.4. The zero-order valence-corrected chi connectivity index (χ0v) is 16.2. The Balaban J connectivity index is 1.63. The van der Waals surface area contributed by atoms with E-state index < -0.39 is 12.3 Å². The lowest BCUT2D eigenvalue weighted by Crippen LogP contribution is -2.26. The number of carbonyl (C=O) groups excluding carboxylic acids is 1. The average molecular weight is 419 g/mol. The number of ether oxygens (including phenoxy) is 2. The van der Waals surface area contributed by atoms with Gasteiger partial charge in [-0.2, -0.15) is 4.99 Å². The molecule has 0 saturated heterocycles. The van der Waals surface area contributed by atoms with Gasteiger partial charge in [-0.15, -0.1) is 20.1 Å². The molecule has 150 valence electrons. The fraction of sp³-hybridized carbons (Fsp3) is 0.222. The van der Waals surface area contributed by atoms with Crippen LogP contribution in [0.3, 0.4) is 0 Å². The van der Waals surface area contributed by atoms with E-state index in [1.165, 1.54) is 28.4 Å². The molecule has 0 saturated carbocycles. The molecule has 1 aliphatic heterocycles. The molecule has 0 atom stereocenters. The van der Waals surface area contributed by atoms with Crippen molar-refractivity contribution < 1.29 is 23.0 Å². The van der Waals surface area contributed by atoms with Crippen molar-refractivity contribution in [3.05, 3.63) is 58.4 Å². The molecule has 11 heteroatoms. The standard InChI is InChI=1S/C18H15F2N5O3S/c1-11-9-25(13-3-4-14-15(7-13)28-18(19,20)27-14)17(29-11)23-16(26)24(2)10-12-8-21-5-6-22-12/h3-9H,10H2,1-2H3. The average Bonchev–Trinajstić information content (AvgIpc) is 3.19. The molecule has 0 bridgehead atoms. The number of benzene rings is 1. The van der Waals surface area contributed by atoms with Gasteiger partial charge in [0.2, 0.25) is 0 Å². The molecule has 0 N–H and O–H groups in total. The first-order valence-corrected chi connectivity index (χ1v) is 9.26. The predicted octanol–water partition coefficient (Wildman–Crippen LogP) is 3.11. The van der Waals surface area contributed by atoms with Gasteiger partial charge in [0.25, 0.3) is 0 Å². The van der Waals surface area contributed by atoms with Gasteiger partial charge >= 0.3 is 12.3 Å². The molecule has 29 heavy (non-hydrogen) atoms. The molecular weight excluding hydrogens is 404 g/mol. The van der Waals surface area contributed by atoms with Crippen LogP contribution in [0.1, 0.15) is 10.6 Å². The van der Waals surface area contributed by atoms with Gasteiger partial charge in [0.05, 0.1) is 24.1 Å². The summed E-state index contributed by atoms with van der Waals surface area (Å²) >= 11 is 1.29. The van der Waals surface area contributed by atoms with E-state index in [1.54, 1.807) is 42.5 Å². The number of rotatable bonds is 3. The van der Waals surface area contributed by atoms with Gasteiger partial charge in [0.1, 0.15) is 0 Å². The molecule has 4 rings (SSSR count). The molecule has 0 fully saturated rings. The van der Waals surface area contributed by atoms with E-state index in [0.717, 1.165) is 4.88 Å². The Bertz CT molecular complexity index is 1130. The van der Waals surface area contributed by atoms with Gasteiger partial charge < -0.3 is 14.4 Å². The van der Waals surface area contributed by atoms with Crippen molar-refractivity contribution in [1.82, 2.24) is 19.4 Å². The summed E-state index contributed by atoms with van der Waals surface area (Å²) in [5, 5.41) is 0. The maximum atomic E-state index is 13.3. The summed E-state index contributed by atoms with van der Waals surface area (Å²) in [6.07, 6.45) is 2.73. The predicted molar refractivity (Wildman–Crippen MR) is 99.0 cm³/mol. The Kier molecular flexibility index (Phi) is 4.74. The largest absolute Gasteiger partial charge is 0.586 e. The second-order valence-corrected chi connectivity index (χ2v) is 7.45. The van der Waals surface area contributed by atoms with Crippen LogP contribution in [0.25, 0.3) is 5.69 Å². The molecule has 0 spiro atoms. The number of aromatic nitrogens is 3. The van der Waals surface area contributed by atoms with E-state index in [9.17, 15) is 13.6 Å². The topological polar surface area (TPSA) is 81.8 Å². The molecule has 8 nitrogen and oxygen atoms in total. The van der Waals surface area contributed by atoms with Gasteiger partial charge in [0.15, 0.2) is 16.3 Å². The zero-order chi connectivity index (χ0) is 20.6. The van der Waals surface area contributed by atoms with E-state index in [4.69, 9.17) is 0 Å². The van der Waals surface area contributed by atoms with E-state index in [0.29, 0.717) is 16.2 Å². The Morgan fingerprint density at radius 3 is 2.86 bits per heavy atom. The number of thiazole rings is 1. The highest BCUT2D eigenvalue weighted by molar-refractivity contribution is 7.09. The van der Waals surface area contributed by atoms with Crippen LogP contribution in [0.4, 0.5) is 13.6 Å². The third kappa shape index (κ3) is 4.09. The van der Waals surface area contributed by atoms with Gasteiger partial charge in [-0.25, -0.2) is 4.79 Å². The summed E-state index contributed by atoms with van der Waals surface area (Å²) in [7, 11) is 1.61. The number of halogens is 2. The number of hydrogen-bond donors (Lipinski definition) is 0. The Hall–Kier alpha value is -3.34. The Morgan fingerprint density at radius 2 is 2.10 bits per heavy atom. The van der Waals surface area contributed by atoms with E-state index in [2.05, 4.69) is 24.4 Å². The van der Waals surface area contributed by atoms with Gasteiger partial charge in [-0.05, 0) is 19.1 Å². The minimum absolute atomic E-state index is 0.0513. The van der Waals surface area contributed by atoms with Crippen molar-refractivity contribution in [3.63, 3.8) is 0 Å². The third-order valence-electron chi connectivity index (χ3n) is 3.97. The van der Waals surface area contributed by atoms with Crippen molar-refractivity contribution in [2.45, 2.75) is 19.8 Å². The first kappa shape index (κ1) is 19.0. The molecule has 3 aromatic rings. The van der Waals surface area contributed by atoms with E-state index >= 15 is 0 Å². The van der Waals surface area contributed by atoms with Crippen molar-refractivity contribution in [2.24, 2.45) is 4.99 Å². The van der Waals surface area contributed by atoms with Gasteiger partial charge in [0, 0.05) is 36.6 Å². The van der Waals surface area contributed by atoms with Crippen molar-refractivity contribution in [2.75, 3.05) is 7.05 Å². The summed E-state index contributed by atoms with van der Waals surface area (Å²) < 4.78 is 37.1. The van der Waals surface area contributed by atoms with Gasteiger partial charge in [-0.3, -0.25) is 14.5 Å². The number of carbonyl (C=O) groups is 1. The SMILES string of the molecule is Cc1cn(-c2ccc3c(c2)OC(F)(F)O3)c(=NC(=O)N(C)Cc2cnccn2)s1. The molecule has 3 heterocycles. The third-order valence-corrected chi connectivity index (χ3v) is 4.86. The van der Waals surface area contributed by atoms with Crippen LogP contribution in [0.5, 0.6) is 11.5 Å². The summed E-state index contributed by atoms with van der Waals surface area (Å²) in [4.78, 5) is 27.5. The second-order valence-electron chi connectivity index (χ2n) is 6.24. The van der Waals surface area contributed by atoms with E-state index in [-0.39, 0.29) is 18.0 Å². The lowest BCUT2D eigenvalue weighted by atomic mass is 10.3. The molecule has 1 aliphatic rings. The van der Waals surface area contributed by atoms with Gasteiger partial charge in [-0.1, -0.05) is 0 Å². The van der Waals surface area contributed by atoms with Crippen LogP contribution >= 0.6 is 11.3 Å². The molecule has 0 radical (unpaired) electrons. The summed E-state index contributed by atoms with van der Waals surface area (Å²) in [6.45, 7) is 2.11. The summed E-state index contributed by atoms with van der Waals surface area (Å²) in [5.41, 5.74) is 1.14. The molecular formula is C18H15F2N5O3S. The van der Waals surface area contributed by atoms with Crippen molar-refractivity contribution >= 4 is 17.4 Å². The molecule has 1 aromatic carbocycles. The first-order chi connectivity index (χ1) is 13.8. The lowest BCUT2D eigenvalue weighted by molar-refractivity contribution is -0.286. The highest BCUT2D eigenvalue weighted by atomic mass is 32.1. The number of fused-ring (bicyclic) bond motifs is 1. The lowest BCUT2D eigenvalue weighted by Gasteiger charge is -2.13. The molecule has 2 aromatic heterocycles. The Morgan fingerprint density at radius 1 is 1.31 bits per heavy atom. The minimum atomic E-state index is -3.69. The van der Waals surface area contributed by atoms with Crippen LogP contribution in [0.2, 0.25) is 0 Å². The fourth-order valence-corrected chi connectivity index (χ4v) is 3.52. The summed E-state index contributed by atoms with van der Waals surface area (Å²) in [6, 6.07) is 3.91. The van der Waals surface area contributed by atoms with Crippen LogP contribution in [0, 0.1) is 6.92 Å². The highest BCUT2D eigenvalue weighted by Crippen LogP contribution is 2.41. The summed E-state index contributed by atoms with van der Waals surface area (Å²) in [5.74, 6) is -0.134. The molecule has 0 aliphatic carbocycles. The van der Waals surface area contributed by atoms with Crippen LogP contribution in [-0.4, -0.2) is 38.8 Å². The van der Waals surface area contributed by atoms with Crippen LogP contribution in [0.15, 0.2) is 48.0 Å². The fourth-order valence-electron chi connectivity index (χ4n) is 2.70. The number of urea groups is 1. The molecule has 0 unspecified atom stereocenters. The number of alkyl halides is 2. The number of hydrogen-bond acceptors (Lipinski definition) is 6. The van der Waals surface area contributed by atoms with Crippen LogP contribution in [-0.2, 0) is 6.54 Å². The quantitative estimate of drug-likeness (QED) is 0.652. The minimum Gasteiger partial charge on any atom is -0.395 e. The van der Waals surface area contributed by atoms with Crippen molar-refractivity contribution in [1.29, 1.82) is 0 Å². The second kappa shape index (κ2) is 7.24. The maximum Gasteiger partial charge on any atom is 0.586 e. The highest BCUT2D eigenvalue weighted by Gasteiger charge is 2.43. The first-order valence-electron chi connectivity index (χ1n) is 8.45. The number of nitrogens with zero attached hydrogens (tertiary/aromatic N) is 5. The van der Waals surface area contributed by atoms with Crippen molar-refractivity contribution in [3.8, 4) is 17.2 Å². The normalized spacial score (nSPS) is 14.8. The Labute approximate surface area is 167 Å². The maximum absolute atomic E-state index is 13.3. The number of aryl methyl sites for hydroxylation is 1. The van der Waals surface area contributed by atoms with Crippen LogP contribution < -0.4 is 14.3 Å². The molecule has 2 amide bonds. The van der Waals surface area contributed by atoms with E-state index in [1.807, 2.05) is 6.92 Å². The monoisotopic (exact) mass is 419 g/mol. The smallest absolute Gasteiger partial charge is 0.395 e.